The number of pyridine rings is 1. The van der Waals surface area contributed by atoms with Crippen LogP contribution in [0.5, 0.6) is 0 Å². The van der Waals surface area contributed by atoms with E-state index in [-0.39, 0.29) is 6.04 Å². The standard InChI is InChI=1S/C15H23N5/c1-3-19(11-13-5-7-17-8-6-13)15(9-16)14-10-18-20(4-2)12-14/h5-8,10,12,15H,3-4,9,11,16H2,1-2H3. The van der Waals surface area contributed by atoms with Gasteiger partial charge in [0.25, 0.3) is 0 Å². The van der Waals surface area contributed by atoms with E-state index in [0.717, 1.165) is 19.6 Å². The summed E-state index contributed by atoms with van der Waals surface area (Å²) in [6.07, 6.45) is 7.68. The number of likely N-dealkylation sites (N-methyl/N-ethyl adjacent to an activating group) is 1. The van der Waals surface area contributed by atoms with Gasteiger partial charge in [0.05, 0.1) is 12.2 Å². The summed E-state index contributed by atoms with van der Waals surface area (Å²) in [4.78, 5) is 6.43. The molecule has 0 radical (unpaired) electrons. The fraction of sp³-hybridized carbons (Fsp3) is 0.467. The Hall–Kier alpha value is -1.72. The number of rotatable bonds is 7. The van der Waals surface area contributed by atoms with Crippen molar-refractivity contribution >= 4 is 0 Å². The van der Waals surface area contributed by atoms with E-state index in [0.29, 0.717) is 6.54 Å². The van der Waals surface area contributed by atoms with Crippen LogP contribution in [0.1, 0.15) is 31.0 Å². The minimum absolute atomic E-state index is 0.202. The molecule has 2 aromatic rings. The molecule has 5 heteroatoms. The summed E-state index contributed by atoms with van der Waals surface area (Å²) in [5.41, 5.74) is 8.43. The highest BCUT2D eigenvalue weighted by Gasteiger charge is 2.19. The van der Waals surface area contributed by atoms with Crippen LogP contribution in [-0.2, 0) is 13.1 Å². The summed E-state index contributed by atoms with van der Waals surface area (Å²) < 4.78 is 1.94. The Kier molecular flexibility index (Phi) is 5.26. The molecule has 0 aliphatic carbocycles. The first-order chi connectivity index (χ1) is 9.78. The van der Waals surface area contributed by atoms with Crippen molar-refractivity contribution in [2.45, 2.75) is 33.0 Å². The number of aryl methyl sites for hydroxylation is 1. The van der Waals surface area contributed by atoms with Gasteiger partial charge >= 0.3 is 0 Å². The van der Waals surface area contributed by atoms with Gasteiger partial charge in [-0.05, 0) is 31.2 Å². The molecule has 0 spiro atoms. The normalized spacial score (nSPS) is 12.8. The zero-order valence-electron chi connectivity index (χ0n) is 12.2. The molecule has 0 amide bonds. The predicted octanol–water partition coefficient (Wildman–Crippen LogP) is 1.82. The Bertz CT molecular complexity index is 508. The Balaban J connectivity index is 2.14. The average Bonchev–Trinajstić information content (AvgIpc) is 2.97. The van der Waals surface area contributed by atoms with Gasteiger partial charge in [-0.15, -0.1) is 0 Å². The van der Waals surface area contributed by atoms with Crippen LogP contribution >= 0.6 is 0 Å². The molecule has 5 nitrogen and oxygen atoms in total. The van der Waals surface area contributed by atoms with Gasteiger partial charge < -0.3 is 5.73 Å². The predicted molar refractivity (Wildman–Crippen MR) is 80.0 cm³/mol. The van der Waals surface area contributed by atoms with E-state index in [9.17, 15) is 0 Å². The maximum absolute atomic E-state index is 5.99. The highest BCUT2D eigenvalue weighted by Crippen LogP contribution is 2.21. The highest BCUT2D eigenvalue weighted by molar-refractivity contribution is 5.14. The van der Waals surface area contributed by atoms with E-state index >= 15 is 0 Å². The van der Waals surface area contributed by atoms with Crippen LogP contribution in [0, 0.1) is 0 Å². The lowest BCUT2D eigenvalue weighted by molar-refractivity contribution is 0.203. The first-order valence-electron chi connectivity index (χ1n) is 7.13. The molecular weight excluding hydrogens is 250 g/mol. The van der Waals surface area contributed by atoms with Crippen molar-refractivity contribution in [3.8, 4) is 0 Å². The fourth-order valence-electron chi connectivity index (χ4n) is 2.39. The Labute approximate surface area is 120 Å². The number of hydrogen-bond acceptors (Lipinski definition) is 4. The molecule has 20 heavy (non-hydrogen) atoms. The summed E-state index contributed by atoms with van der Waals surface area (Å²) in [7, 11) is 0. The van der Waals surface area contributed by atoms with Gasteiger partial charge in [-0.1, -0.05) is 6.92 Å². The van der Waals surface area contributed by atoms with Crippen LogP contribution in [0.2, 0.25) is 0 Å². The molecule has 0 saturated carbocycles. The maximum atomic E-state index is 5.99. The van der Waals surface area contributed by atoms with Gasteiger partial charge in [0.15, 0.2) is 0 Å². The third-order valence-corrected chi connectivity index (χ3v) is 3.57. The molecule has 108 valence electrons. The monoisotopic (exact) mass is 273 g/mol. The Morgan fingerprint density at radius 1 is 1.30 bits per heavy atom. The van der Waals surface area contributed by atoms with E-state index in [1.54, 1.807) is 0 Å². The van der Waals surface area contributed by atoms with Crippen molar-refractivity contribution in [3.63, 3.8) is 0 Å². The van der Waals surface area contributed by atoms with E-state index in [2.05, 4.69) is 35.0 Å². The molecule has 2 N–H and O–H groups in total. The second-order valence-electron chi connectivity index (χ2n) is 4.80. The second-order valence-corrected chi connectivity index (χ2v) is 4.80. The number of aromatic nitrogens is 3. The van der Waals surface area contributed by atoms with Crippen LogP contribution in [0.15, 0.2) is 36.9 Å². The number of nitrogens with two attached hydrogens (primary N) is 1. The van der Waals surface area contributed by atoms with Gasteiger partial charge in [-0.2, -0.15) is 5.10 Å². The molecule has 0 aromatic carbocycles. The minimum atomic E-state index is 0.202. The van der Waals surface area contributed by atoms with Crippen LogP contribution in [0.4, 0.5) is 0 Å². The zero-order valence-corrected chi connectivity index (χ0v) is 12.2. The van der Waals surface area contributed by atoms with Crippen molar-refractivity contribution < 1.29 is 0 Å². The lowest BCUT2D eigenvalue weighted by Gasteiger charge is -2.29. The number of hydrogen-bond donors (Lipinski definition) is 1. The van der Waals surface area contributed by atoms with Crippen LogP contribution < -0.4 is 5.73 Å². The van der Waals surface area contributed by atoms with E-state index in [4.69, 9.17) is 5.73 Å². The van der Waals surface area contributed by atoms with E-state index in [1.165, 1.54) is 11.1 Å². The summed E-state index contributed by atoms with van der Waals surface area (Å²) in [5, 5.41) is 4.35. The largest absolute Gasteiger partial charge is 0.329 e. The lowest BCUT2D eigenvalue weighted by Crippen LogP contribution is -2.33. The van der Waals surface area contributed by atoms with E-state index in [1.807, 2.05) is 35.4 Å². The van der Waals surface area contributed by atoms with Crippen LogP contribution in [0.3, 0.4) is 0 Å². The van der Waals surface area contributed by atoms with Crippen molar-refractivity contribution in [1.82, 2.24) is 19.7 Å². The molecule has 1 unspecified atom stereocenters. The minimum Gasteiger partial charge on any atom is -0.329 e. The first-order valence-corrected chi connectivity index (χ1v) is 7.13. The zero-order chi connectivity index (χ0) is 14.4. The van der Waals surface area contributed by atoms with Gasteiger partial charge in [-0.25, -0.2) is 0 Å². The summed E-state index contributed by atoms with van der Waals surface area (Å²) in [5.74, 6) is 0. The Morgan fingerprint density at radius 2 is 2.05 bits per heavy atom. The summed E-state index contributed by atoms with van der Waals surface area (Å²) >= 11 is 0. The molecule has 0 fully saturated rings. The van der Waals surface area contributed by atoms with Gasteiger partial charge in [0, 0.05) is 43.8 Å². The maximum Gasteiger partial charge on any atom is 0.0538 e. The summed E-state index contributed by atoms with van der Waals surface area (Å²) in [6.45, 7) is 7.54. The molecule has 0 saturated heterocycles. The van der Waals surface area contributed by atoms with Gasteiger partial charge in [0.2, 0.25) is 0 Å². The SMILES string of the molecule is CCN(Cc1ccncc1)C(CN)c1cnn(CC)c1. The first kappa shape index (κ1) is 14.7. The molecule has 1 atom stereocenters. The molecule has 0 aliphatic heterocycles. The molecule has 0 aliphatic rings. The van der Waals surface area contributed by atoms with Crippen molar-refractivity contribution in [3.05, 3.63) is 48.0 Å². The Morgan fingerprint density at radius 3 is 2.60 bits per heavy atom. The summed E-state index contributed by atoms with van der Waals surface area (Å²) in [6, 6.07) is 4.30. The topological polar surface area (TPSA) is 60.0 Å². The van der Waals surface area contributed by atoms with Gasteiger partial charge in [-0.3, -0.25) is 14.6 Å². The van der Waals surface area contributed by atoms with Crippen molar-refractivity contribution in [2.75, 3.05) is 13.1 Å². The van der Waals surface area contributed by atoms with Crippen molar-refractivity contribution in [1.29, 1.82) is 0 Å². The lowest BCUT2D eigenvalue weighted by atomic mass is 10.1. The van der Waals surface area contributed by atoms with Crippen LogP contribution in [0.25, 0.3) is 0 Å². The van der Waals surface area contributed by atoms with E-state index < -0.39 is 0 Å². The molecule has 0 bridgehead atoms. The van der Waals surface area contributed by atoms with Crippen molar-refractivity contribution in [2.24, 2.45) is 5.73 Å². The molecule has 2 rings (SSSR count). The quantitative estimate of drug-likeness (QED) is 0.836. The second kappa shape index (κ2) is 7.17. The highest BCUT2D eigenvalue weighted by atomic mass is 15.3. The fourth-order valence-corrected chi connectivity index (χ4v) is 2.39. The van der Waals surface area contributed by atoms with Gasteiger partial charge in [0.1, 0.15) is 0 Å². The molecule has 2 aromatic heterocycles. The molecular formula is C15H23N5. The van der Waals surface area contributed by atoms with Crippen LogP contribution in [-0.4, -0.2) is 32.8 Å². The smallest absolute Gasteiger partial charge is 0.0538 e. The third-order valence-electron chi connectivity index (χ3n) is 3.57. The molecule has 2 heterocycles. The number of nitrogens with zero attached hydrogens (tertiary/aromatic N) is 4. The average molecular weight is 273 g/mol. The third kappa shape index (κ3) is 3.43.